The molecular formula is C8H11NO2. The van der Waals surface area contributed by atoms with E-state index in [9.17, 15) is 10.1 Å². The van der Waals surface area contributed by atoms with Crippen molar-refractivity contribution in [1.82, 2.24) is 0 Å². The summed E-state index contributed by atoms with van der Waals surface area (Å²) in [5.74, 6) is 0.0648. The van der Waals surface area contributed by atoms with Gasteiger partial charge in [-0.1, -0.05) is 18.6 Å². The summed E-state index contributed by atoms with van der Waals surface area (Å²) >= 11 is 0. The van der Waals surface area contributed by atoms with E-state index < -0.39 is 0 Å². The van der Waals surface area contributed by atoms with Gasteiger partial charge in [0, 0.05) is 6.08 Å². The van der Waals surface area contributed by atoms with E-state index in [4.69, 9.17) is 0 Å². The molecule has 0 saturated heterocycles. The highest BCUT2D eigenvalue weighted by molar-refractivity contribution is 5.20. The fraction of sp³-hybridized carbons (Fsp3) is 0.500. The molecule has 1 aliphatic rings. The standard InChI is InChI=1S/C8H11NO2/c1-6-3-4-8(9(10)11)7(2)5-6/h3-4,7H,5H2,1-2H3. The van der Waals surface area contributed by atoms with Gasteiger partial charge in [-0.05, 0) is 13.3 Å². The largest absolute Gasteiger partial charge is 0.259 e. The van der Waals surface area contributed by atoms with Crippen molar-refractivity contribution in [2.75, 3.05) is 0 Å². The fourth-order valence-corrected chi connectivity index (χ4v) is 1.29. The van der Waals surface area contributed by atoms with Crippen molar-refractivity contribution in [2.24, 2.45) is 5.92 Å². The maximum atomic E-state index is 10.4. The van der Waals surface area contributed by atoms with Crippen molar-refractivity contribution < 1.29 is 4.92 Å². The molecule has 0 N–H and O–H groups in total. The van der Waals surface area contributed by atoms with Crippen LogP contribution in [0.15, 0.2) is 23.4 Å². The molecule has 0 aromatic rings. The Morgan fingerprint density at radius 1 is 1.64 bits per heavy atom. The van der Waals surface area contributed by atoms with Crippen molar-refractivity contribution in [3.8, 4) is 0 Å². The average molecular weight is 153 g/mol. The van der Waals surface area contributed by atoms with E-state index in [0.717, 1.165) is 6.42 Å². The molecule has 0 bridgehead atoms. The predicted octanol–water partition coefficient (Wildman–Crippen LogP) is 2.13. The molecular weight excluding hydrogens is 142 g/mol. The van der Waals surface area contributed by atoms with Crippen LogP contribution in [0, 0.1) is 16.0 Å². The van der Waals surface area contributed by atoms with E-state index in [1.807, 2.05) is 19.9 Å². The molecule has 0 aromatic carbocycles. The molecule has 3 nitrogen and oxygen atoms in total. The summed E-state index contributed by atoms with van der Waals surface area (Å²) in [6, 6.07) is 0. The van der Waals surface area contributed by atoms with Gasteiger partial charge in [0.2, 0.25) is 5.70 Å². The first-order valence-electron chi connectivity index (χ1n) is 3.63. The van der Waals surface area contributed by atoms with E-state index in [0.29, 0.717) is 5.70 Å². The first-order chi connectivity index (χ1) is 5.11. The van der Waals surface area contributed by atoms with E-state index in [2.05, 4.69) is 0 Å². The molecule has 0 amide bonds. The van der Waals surface area contributed by atoms with Crippen LogP contribution in [0.5, 0.6) is 0 Å². The van der Waals surface area contributed by atoms with Crippen molar-refractivity contribution in [2.45, 2.75) is 20.3 Å². The van der Waals surface area contributed by atoms with E-state index in [1.165, 1.54) is 5.57 Å². The Labute approximate surface area is 65.6 Å². The SMILES string of the molecule is CC1=CC=C([N+](=O)[O-])C(C)C1. The average Bonchev–Trinajstić information content (AvgIpc) is 1.85. The lowest BCUT2D eigenvalue weighted by Crippen LogP contribution is -2.11. The van der Waals surface area contributed by atoms with Gasteiger partial charge in [-0.25, -0.2) is 0 Å². The maximum absolute atomic E-state index is 10.4. The Morgan fingerprint density at radius 2 is 2.27 bits per heavy atom. The summed E-state index contributed by atoms with van der Waals surface area (Å²) in [4.78, 5) is 10.1. The van der Waals surface area contributed by atoms with Crippen LogP contribution in [0.4, 0.5) is 0 Å². The number of allylic oxidation sites excluding steroid dienone is 4. The zero-order valence-corrected chi connectivity index (χ0v) is 6.70. The Hall–Kier alpha value is -1.12. The minimum atomic E-state index is -0.298. The van der Waals surface area contributed by atoms with E-state index >= 15 is 0 Å². The molecule has 0 saturated carbocycles. The van der Waals surface area contributed by atoms with Gasteiger partial charge in [-0.2, -0.15) is 0 Å². The molecule has 60 valence electrons. The second-order valence-corrected chi connectivity index (χ2v) is 2.97. The number of nitro groups is 1. The zero-order chi connectivity index (χ0) is 8.43. The summed E-state index contributed by atoms with van der Waals surface area (Å²) < 4.78 is 0. The highest BCUT2D eigenvalue weighted by atomic mass is 16.6. The zero-order valence-electron chi connectivity index (χ0n) is 6.70. The van der Waals surface area contributed by atoms with Gasteiger partial charge in [0.15, 0.2) is 0 Å². The molecule has 11 heavy (non-hydrogen) atoms. The lowest BCUT2D eigenvalue weighted by Gasteiger charge is -2.12. The lowest BCUT2D eigenvalue weighted by atomic mass is 9.94. The van der Waals surface area contributed by atoms with Gasteiger partial charge in [0.25, 0.3) is 0 Å². The van der Waals surface area contributed by atoms with Crippen molar-refractivity contribution in [3.05, 3.63) is 33.5 Å². The van der Waals surface area contributed by atoms with Crippen LogP contribution in [0.3, 0.4) is 0 Å². The Kier molecular flexibility index (Phi) is 2.08. The minimum Gasteiger partial charge on any atom is -0.259 e. The van der Waals surface area contributed by atoms with Gasteiger partial charge in [0.1, 0.15) is 0 Å². The van der Waals surface area contributed by atoms with E-state index in [1.54, 1.807) is 6.08 Å². The molecule has 0 spiro atoms. The minimum absolute atomic E-state index is 0.0648. The fourth-order valence-electron chi connectivity index (χ4n) is 1.29. The highest BCUT2D eigenvalue weighted by Crippen LogP contribution is 2.24. The monoisotopic (exact) mass is 153 g/mol. The van der Waals surface area contributed by atoms with Crippen LogP contribution in [-0.2, 0) is 0 Å². The Bertz CT molecular complexity index is 240. The Morgan fingerprint density at radius 3 is 2.73 bits per heavy atom. The van der Waals surface area contributed by atoms with Gasteiger partial charge in [0.05, 0.1) is 10.8 Å². The summed E-state index contributed by atoms with van der Waals surface area (Å²) in [6.45, 7) is 3.87. The van der Waals surface area contributed by atoms with Crippen LogP contribution in [0.25, 0.3) is 0 Å². The number of nitrogens with zero attached hydrogens (tertiary/aromatic N) is 1. The van der Waals surface area contributed by atoms with Gasteiger partial charge in [-0.15, -0.1) is 0 Å². The highest BCUT2D eigenvalue weighted by Gasteiger charge is 2.22. The van der Waals surface area contributed by atoms with Crippen LogP contribution in [0.2, 0.25) is 0 Å². The van der Waals surface area contributed by atoms with Crippen molar-refractivity contribution in [1.29, 1.82) is 0 Å². The number of hydrogen-bond donors (Lipinski definition) is 0. The number of rotatable bonds is 1. The second-order valence-electron chi connectivity index (χ2n) is 2.97. The molecule has 3 heteroatoms. The summed E-state index contributed by atoms with van der Waals surface area (Å²) in [6.07, 6.45) is 4.23. The molecule has 1 unspecified atom stereocenters. The Balaban J connectivity index is 2.87. The quantitative estimate of drug-likeness (QED) is 0.428. The lowest BCUT2D eigenvalue weighted by molar-refractivity contribution is -0.433. The summed E-state index contributed by atoms with van der Waals surface area (Å²) in [5.41, 5.74) is 1.54. The third-order valence-corrected chi connectivity index (χ3v) is 1.88. The molecule has 0 radical (unpaired) electrons. The topological polar surface area (TPSA) is 43.1 Å². The van der Waals surface area contributed by atoms with Crippen LogP contribution < -0.4 is 0 Å². The smallest absolute Gasteiger partial charge is 0.249 e. The molecule has 0 aromatic heterocycles. The number of hydrogen-bond acceptors (Lipinski definition) is 2. The van der Waals surface area contributed by atoms with Crippen molar-refractivity contribution in [3.63, 3.8) is 0 Å². The summed E-state index contributed by atoms with van der Waals surface area (Å²) in [7, 11) is 0. The predicted molar refractivity (Wildman–Crippen MR) is 42.6 cm³/mol. The third kappa shape index (κ3) is 1.67. The maximum Gasteiger partial charge on any atom is 0.249 e. The van der Waals surface area contributed by atoms with Gasteiger partial charge in [-0.3, -0.25) is 10.1 Å². The molecule has 1 aliphatic carbocycles. The first kappa shape index (κ1) is 7.98. The summed E-state index contributed by atoms with van der Waals surface area (Å²) in [5, 5.41) is 10.4. The molecule has 0 heterocycles. The molecule has 1 rings (SSSR count). The molecule has 0 aliphatic heterocycles. The molecule has 1 atom stereocenters. The van der Waals surface area contributed by atoms with Crippen LogP contribution in [-0.4, -0.2) is 4.92 Å². The van der Waals surface area contributed by atoms with Crippen LogP contribution >= 0.6 is 0 Å². The third-order valence-electron chi connectivity index (χ3n) is 1.88. The van der Waals surface area contributed by atoms with Crippen LogP contribution in [0.1, 0.15) is 20.3 Å². The van der Waals surface area contributed by atoms with Gasteiger partial charge >= 0.3 is 0 Å². The first-order valence-corrected chi connectivity index (χ1v) is 3.63. The molecule has 0 fully saturated rings. The van der Waals surface area contributed by atoms with Gasteiger partial charge < -0.3 is 0 Å². The second kappa shape index (κ2) is 2.86. The van der Waals surface area contributed by atoms with Crippen molar-refractivity contribution >= 4 is 0 Å². The normalized spacial score (nSPS) is 24.0. The van der Waals surface area contributed by atoms with E-state index in [-0.39, 0.29) is 10.8 Å².